The van der Waals surface area contributed by atoms with E-state index < -0.39 is 10.6 Å². The number of hydrogen-bond donors (Lipinski definition) is 3. The molecule has 0 bridgehead atoms. The molecule has 0 aliphatic carbocycles. The molecule has 2 aromatic carbocycles. The van der Waals surface area contributed by atoms with Crippen molar-refractivity contribution in [1.29, 1.82) is 0 Å². The molecule has 7 heteroatoms. The fraction of sp³-hybridized carbons (Fsp3) is 0.150. The van der Waals surface area contributed by atoms with E-state index in [4.69, 9.17) is 4.42 Å². The monoisotopic (exact) mass is 401 g/mol. The molecule has 2 heterocycles. The van der Waals surface area contributed by atoms with Gasteiger partial charge in [-0.2, -0.15) is 10.6 Å². The van der Waals surface area contributed by atoms with Crippen molar-refractivity contribution < 1.29 is 18.3 Å². The van der Waals surface area contributed by atoms with Crippen molar-refractivity contribution in [1.82, 2.24) is 5.32 Å². The highest BCUT2D eigenvalue weighted by Gasteiger charge is 2.38. The van der Waals surface area contributed by atoms with Crippen LogP contribution in [-0.4, -0.2) is 20.8 Å². The molecule has 0 saturated carbocycles. The van der Waals surface area contributed by atoms with E-state index in [0.717, 1.165) is 4.90 Å². The zero-order valence-electron chi connectivity index (χ0n) is 14.4. The van der Waals surface area contributed by atoms with Gasteiger partial charge in [0.2, 0.25) is 0 Å². The lowest BCUT2D eigenvalue weighted by Crippen LogP contribution is -2.24. The fourth-order valence-corrected chi connectivity index (χ4v) is 6.78. The molecule has 1 unspecified atom stereocenters. The van der Waals surface area contributed by atoms with Crippen LogP contribution in [0.1, 0.15) is 26.9 Å². The molecule has 1 aliphatic heterocycles. The first-order valence-corrected chi connectivity index (χ1v) is 11.1. The van der Waals surface area contributed by atoms with Crippen molar-refractivity contribution in [3.8, 4) is 0 Å². The number of hydrogen-bond acceptors (Lipinski definition) is 5. The van der Waals surface area contributed by atoms with Crippen molar-refractivity contribution >= 4 is 28.3 Å². The average Bonchev–Trinajstić information content (AvgIpc) is 3.27. The molecule has 0 radical (unpaired) electrons. The quantitative estimate of drug-likeness (QED) is 0.550. The van der Waals surface area contributed by atoms with E-state index >= 15 is 0 Å². The first kappa shape index (κ1) is 18.2. The van der Waals surface area contributed by atoms with Gasteiger partial charge in [-0.05, 0) is 36.4 Å². The normalized spacial score (nSPS) is 18.7. The van der Waals surface area contributed by atoms with Gasteiger partial charge >= 0.3 is 0 Å². The third kappa shape index (κ3) is 3.77. The molecular weight excluding hydrogens is 382 g/mol. The lowest BCUT2D eigenvalue weighted by atomic mass is 10.0. The Morgan fingerprint density at radius 3 is 2.67 bits per heavy atom. The van der Waals surface area contributed by atoms with Gasteiger partial charge in [0.15, 0.2) is 0 Å². The summed E-state index contributed by atoms with van der Waals surface area (Å²) < 4.78 is 26.4. The standard InChI is InChI=1S/C20H19NO4S2/c22-20(21-12-14-6-5-11-25-14)16-9-4-10-18-19(16)17(13-27(18,23)24)26-15-7-2-1-3-8-15/h1-11,17,23-24H,12-13H2,(H,21,22). The van der Waals surface area contributed by atoms with Gasteiger partial charge in [0.1, 0.15) is 5.76 Å². The number of carbonyl (C=O) groups excluding carboxylic acids is 1. The van der Waals surface area contributed by atoms with Gasteiger partial charge in [-0.15, -0.1) is 11.8 Å². The second-order valence-corrected chi connectivity index (χ2v) is 9.62. The van der Waals surface area contributed by atoms with E-state index in [1.54, 1.807) is 48.4 Å². The molecule has 0 fully saturated rings. The Balaban J connectivity index is 1.64. The molecule has 3 N–H and O–H groups in total. The Morgan fingerprint density at radius 2 is 1.93 bits per heavy atom. The molecule has 27 heavy (non-hydrogen) atoms. The maximum atomic E-state index is 12.8. The van der Waals surface area contributed by atoms with Crippen LogP contribution < -0.4 is 5.32 Å². The molecule has 4 rings (SSSR count). The van der Waals surface area contributed by atoms with Crippen LogP contribution >= 0.6 is 22.4 Å². The van der Waals surface area contributed by atoms with E-state index in [1.807, 2.05) is 30.3 Å². The third-order valence-electron chi connectivity index (χ3n) is 4.39. The minimum atomic E-state index is -2.91. The number of thioether (sulfide) groups is 1. The summed E-state index contributed by atoms with van der Waals surface area (Å²) in [5.41, 5.74) is 1.19. The van der Waals surface area contributed by atoms with Crippen molar-refractivity contribution in [3.63, 3.8) is 0 Å². The van der Waals surface area contributed by atoms with Gasteiger partial charge in [0, 0.05) is 16.0 Å². The number of rotatable bonds is 5. The van der Waals surface area contributed by atoms with Gasteiger partial charge in [0.05, 0.1) is 28.7 Å². The van der Waals surface area contributed by atoms with Crippen LogP contribution in [0.4, 0.5) is 0 Å². The maximum absolute atomic E-state index is 12.8. The lowest BCUT2D eigenvalue weighted by molar-refractivity contribution is 0.0947. The molecule has 1 aliphatic rings. The minimum Gasteiger partial charge on any atom is -0.467 e. The zero-order chi connectivity index (χ0) is 18.9. The maximum Gasteiger partial charge on any atom is 0.252 e. The Bertz CT molecular complexity index is 942. The molecule has 0 saturated heterocycles. The molecular formula is C20H19NO4S2. The highest BCUT2D eigenvalue weighted by atomic mass is 32.3. The third-order valence-corrected chi connectivity index (χ3v) is 7.69. The van der Waals surface area contributed by atoms with Crippen LogP contribution in [0.3, 0.4) is 0 Å². The summed E-state index contributed by atoms with van der Waals surface area (Å²) >= 11 is 1.55. The molecule has 5 nitrogen and oxygen atoms in total. The topological polar surface area (TPSA) is 82.7 Å². The van der Waals surface area contributed by atoms with Crippen LogP contribution in [-0.2, 0) is 6.54 Å². The summed E-state index contributed by atoms with van der Waals surface area (Å²) in [6.07, 6.45) is 1.56. The van der Waals surface area contributed by atoms with Crippen molar-refractivity contribution in [2.75, 3.05) is 5.75 Å². The van der Waals surface area contributed by atoms with Gasteiger partial charge in [0.25, 0.3) is 5.91 Å². The number of nitrogens with one attached hydrogen (secondary N) is 1. The number of benzene rings is 2. The Morgan fingerprint density at radius 1 is 1.11 bits per heavy atom. The zero-order valence-corrected chi connectivity index (χ0v) is 16.0. The largest absolute Gasteiger partial charge is 0.467 e. The summed E-state index contributed by atoms with van der Waals surface area (Å²) in [4.78, 5) is 14.3. The molecule has 1 aromatic heterocycles. The highest BCUT2D eigenvalue weighted by molar-refractivity contribution is 8.25. The first-order valence-electron chi connectivity index (χ1n) is 8.46. The predicted molar refractivity (Wildman–Crippen MR) is 107 cm³/mol. The Labute approximate surface area is 163 Å². The molecule has 1 atom stereocenters. The van der Waals surface area contributed by atoms with Crippen molar-refractivity contribution in [3.05, 3.63) is 83.8 Å². The fourth-order valence-electron chi connectivity index (χ4n) is 3.18. The van der Waals surface area contributed by atoms with E-state index in [-0.39, 0.29) is 23.5 Å². The SMILES string of the molecule is O=C(NCc1ccco1)c1cccc2c1C(Sc1ccccc1)CS2(O)O. The summed E-state index contributed by atoms with van der Waals surface area (Å²) in [5.74, 6) is 0.624. The smallest absolute Gasteiger partial charge is 0.252 e. The van der Waals surface area contributed by atoms with Gasteiger partial charge < -0.3 is 9.73 Å². The highest BCUT2D eigenvalue weighted by Crippen LogP contribution is 2.63. The van der Waals surface area contributed by atoms with Crippen LogP contribution in [0.5, 0.6) is 0 Å². The van der Waals surface area contributed by atoms with E-state index in [1.165, 1.54) is 0 Å². The average molecular weight is 402 g/mol. The van der Waals surface area contributed by atoms with Gasteiger partial charge in [-0.3, -0.25) is 13.9 Å². The number of fused-ring (bicyclic) bond motifs is 1. The summed E-state index contributed by atoms with van der Waals surface area (Å²) in [7, 11) is -2.91. The van der Waals surface area contributed by atoms with Crippen LogP contribution in [0.25, 0.3) is 0 Å². The Kier molecular flexibility index (Phi) is 5.01. The molecule has 140 valence electrons. The van der Waals surface area contributed by atoms with Crippen LogP contribution in [0.15, 0.2) is 81.1 Å². The second-order valence-electron chi connectivity index (χ2n) is 6.23. The predicted octanol–water partition coefficient (Wildman–Crippen LogP) is 5.17. The number of amides is 1. The van der Waals surface area contributed by atoms with Gasteiger partial charge in [-0.25, -0.2) is 0 Å². The summed E-state index contributed by atoms with van der Waals surface area (Å²) in [6.45, 7) is 0.280. The lowest BCUT2D eigenvalue weighted by Gasteiger charge is -2.27. The van der Waals surface area contributed by atoms with Gasteiger partial charge in [-0.1, -0.05) is 24.3 Å². The molecule has 0 spiro atoms. The van der Waals surface area contributed by atoms with E-state index in [9.17, 15) is 13.9 Å². The van der Waals surface area contributed by atoms with E-state index in [0.29, 0.717) is 21.8 Å². The van der Waals surface area contributed by atoms with E-state index in [2.05, 4.69) is 5.32 Å². The number of carbonyl (C=O) groups is 1. The first-order chi connectivity index (χ1) is 13.0. The summed E-state index contributed by atoms with van der Waals surface area (Å²) in [5, 5.41) is 2.65. The number of furan rings is 1. The van der Waals surface area contributed by atoms with Crippen LogP contribution in [0, 0.1) is 0 Å². The van der Waals surface area contributed by atoms with Crippen molar-refractivity contribution in [2.24, 2.45) is 0 Å². The van der Waals surface area contributed by atoms with Crippen LogP contribution in [0.2, 0.25) is 0 Å². The van der Waals surface area contributed by atoms with Crippen molar-refractivity contribution in [2.45, 2.75) is 21.6 Å². The Hall–Kier alpha value is -2.19. The molecule has 3 aromatic rings. The minimum absolute atomic E-state index is 0.196. The molecule has 1 amide bonds. The summed E-state index contributed by atoms with van der Waals surface area (Å²) in [6, 6.07) is 18.5. The second kappa shape index (κ2) is 7.44.